The minimum absolute atomic E-state index is 0.407. The van der Waals surface area contributed by atoms with Crippen LogP contribution < -0.4 is 5.32 Å². The van der Waals surface area contributed by atoms with Crippen molar-refractivity contribution in [1.29, 1.82) is 0 Å². The van der Waals surface area contributed by atoms with Crippen molar-refractivity contribution in [1.82, 2.24) is 9.78 Å². The van der Waals surface area contributed by atoms with Gasteiger partial charge in [-0.25, -0.2) is 9.48 Å². The number of allylic oxidation sites excluding steroid dienone is 1. The Labute approximate surface area is 170 Å². The Hall–Kier alpha value is -1.50. The van der Waals surface area contributed by atoms with E-state index in [1.54, 1.807) is 23.0 Å². The molecule has 0 aliphatic carbocycles. The molecule has 138 valence electrons. The van der Waals surface area contributed by atoms with Crippen molar-refractivity contribution in [2.24, 2.45) is 0 Å². The van der Waals surface area contributed by atoms with Gasteiger partial charge < -0.3 is 10.1 Å². The number of hydrogen-bond acceptors (Lipinski definition) is 4. The van der Waals surface area contributed by atoms with Gasteiger partial charge in [0, 0.05) is 5.70 Å². The van der Waals surface area contributed by atoms with E-state index in [0.717, 1.165) is 15.9 Å². The zero-order chi connectivity index (χ0) is 19.2. The largest absolute Gasteiger partial charge is 0.456 e. The first-order chi connectivity index (χ1) is 12.1. The van der Waals surface area contributed by atoms with E-state index in [2.05, 4.69) is 26.3 Å². The van der Waals surface area contributed by atoms with Crippen molar-refractivity contribution in [2.75, 3.05) is 5.32 Å². The van der Waals surface area contributed by atoms with Crippen LogP contribution in [-0.2, 0) is 9.53 Å². The number of hydrogen-bond donors (Lipinski definition) is 1. The maximum Gasteiger partial charge on any atom is 0.338 e. The number of nitrogens with one attached hydrogen (secondary N) is 1. The number of benzene rings is 1. The molecule has 1 aliphatic rings. The van der Waals surface area contributed by atoms with Crippen LogP contribution in [0.5, 0.6) is 0 Å². The van der Waals surface area contributed by atoms with Gasteiger partial charge in [0.2, 0.25) is 0 Å². The molecule has 5 nitrogen and oxygen atoms in total. The number of nitrogens with zero attached hydrogens (tertiary/aromatic N) is 2. The molecule has 0 radical (unpaired) electrons. The standard InChI is InChI=1S/C18H18BrCl2N3O2/c1-9-14(17(25)26-18(2,3)4)15(10-5-6-12(20)13(21)7-10)24-16(23-9)11(19)8-22-24/h5-8,15,23H,1-4H3. The summed E-state index contributed by atoms with van der Waals surface area (Å²) in [5.74, 6) is 0.349. The van der Waals surface area contributed by atoms with Gasteiger partial charge in [-0.3, -0.25) is 0 Å². The van der Waals surface area contributed by atoms with Gasteiger partial charge in [-0.15, -0.1) is 0 Å². The number of esters is 1. The fraction of sp³-hybridized carbons (Fsp3) is 0.333. The van der Waals surface area contributed by atoms with E-state index < -0.39 is 17.6 Å². The average molecular weight is 459 g/mol. The Kier molecular flexibility index (Phi) is 5.12. The molecule has 0 spiro atoms. The van der Waals surface area contributed by atoms with Gasteiger partial charge in [-0.2, -0.15) is 5.10 Å². The Bertz CT molecular complexity index is 916. The van der Waals surface area contributed by atoms with E-state index in [1.807, 2.05) is 33.8 Å². The van der Waals surface area contributed by atoms with E-state index in [4.69, 9.17) is 27.9 Å². The number of rotatable bonds is 2. The molecule has 0 saturated heterocycles. The normalized spacial score (nSPS) is 17.0. The van der Waals surface area contributed by atoms with Crippen LogP contribution in [0.3, 0.4) is 0 Å². The topological polar surface area (TPSA) is 56.2 Å². The van der Waals surface area contributed by atoms with Crippen molar-refractivity contribution in [3.63, 3.8) is 0 Å². The van der Waals surface area contributed by atoms with Crippen LogP contribution >= 0.6 is 39.1 Å². The van der Waals surface area contributed by atoms with Crippen molar-refractivity contribution >= 4 is 50.9 Å². The molecule has 0 amide bonds. The van der Waals surface area contributed by atoms with Gasteiger partial charge in [-0.05, 0) is 61.3 Å². The van der Waals surface area contributed by atoms with E-state index >= 15 is 0 Å². The summed E-state index contributed by atoms with van der Waals surface area (Å²) in [5, 5.41) is 8.51. The number of anilines is 1. The lowest BCUT2D eigenvalue weighted by molar-refractivity contribution is -0.150. The Balaban J connectivity index is 2.16. The molecule has 1 aliphatic heterocycles. The van der Waals surface area contributed by atoms with Crippen LogP contribution in [-0.4, -0.2) is 21.4 Å². The van der Waals surface area contributed by atoms with Crippen LogP contribution in [0.15, 0.2) is 40.1 Å². The first-order valence-corrected chi connectivity index (χ1v) is 9.52. The maximum absolute atomic E-state index is 12.9. The van der Waals surface area contributed by atoms with Crippen LogP contribution in [0.25, 0.3) is 0 Å². The molecule has 0 fully saturated rings. The summed E-state index contributed by atoms with van der Waals surface area (Å²) in [7, 11) is 0. The van der Waals surface area contributed by atoms with Gasteiger partial charge in [0.15, 0.2) is 0 Å². The Morgan fingerprint density at radius 2 is 2.00 bits per heavy atom. The SMILES string of the molecule is CC1=C(C(=O)OC(C)(C)C)C(c2ccc(Cl)c(Cl)c2)n2ncc(Br)c2N1. The monoisotopic (exact) mass is 457 g/mol. The highest BCUT2D eigenvalue weighted by Gasteiger charge is 2.36. The zero-order valence-electron chi connectivity index (χ0n) is 14.7. The third-order valence-corrected chi connectivity index (χ3v) is 5.18. The Morgan fingerprint density at radius 3 is 2.62 bits per heavy atom. The average Bonchev–Trinajstić information content (AvgIpc) is 2.88. The summed E-state index contributed by atoms with van der Waals surface area (Å²) in [5.41, 5.74) is 1.35. The van der Waals surface area contributed by atoms with E-state index in [9.17, 15) is 4.79 Å². The Morgan fingerprint density at radius 1 is 1.31 bits per heavy atom. The number of carbonyl (C=O) groups is 1. The number of fused-ring (bicyclic) bond motifs is 1. The molecule has 0 bridgehead atoms. The molecule has 1 aromatic carbocycles. The van der Waals surface area contributed by atoms with Gasteiger partial charge in [0.05, 0.1) is 26.3 Å². The minimum atomic E-state index is -0.614. The lowest BCUT2D eigenvalue weighted by Crippen LogP contribution is -2.33. The first kappa shape index (κ1) is 19.3. The predicted molar refractivity (Wildman–Crippen MR) is 107 cm³/mol. The highest BCUT2D eigenvalue weighted by molar-refractivity contribution is 9.10. The third kappa shape index (κ3) is 3.63. The number of carbonyl (C=O) groups excluding carboxylic acids is 1. The minimum Gasteiger partial charge on any atom is -0.456 e. The lowest BCUT2D eigenvalue weighted by Gasteiger charge is -2.31. The van der Waals surface area contributed by atoms with E-state index in [0.29, 0.717) is 21.3 Å². The smallest absolute Gasteiger partial charge is 0.338 e. The molecule has 2 heterocycles. The summed E-state index contributed by atoms with van der Waals surface area (Å²) in [6.07, 6.45) is 1.68. The van der Waals surface area contributed by atoms with Crippen molar-refractivity contribution in [2.45, 2.75) is 39.3 Å². The molecule has 1 N–H and O–H groups in total. The first-order valence-electron chi connectivity index (χ1n) is 7.97. The second kappa shape index (κ2) is 6.91. The summed E-state index contributed by atoms with van der Waals surface area (Å²) in [4.78, 5) is 12.9. The molecule has 1 unspecified atom stereocenters. The van der Waals surface area contributed by atoms with Crippen LogP contribution in [0.2, 0.25) is 10.0 Å². The van der Waals surface area contributed by atoms with E-state index in [-0.39, 0.29) is 0 Å². The molecule has 8 heteroatoms. The second-order valence-corrected chi connectivity index (χ2v) is 8.70. The molecule has 1 aromatic heterocycles. The maximum atomic E-state index is 12.9. The fourth-order valence-electron chi connectivity index (χ4n) is 2.81. The zero-order valence-corrected chi connectivity index (χ0v) is 17.8. The number of ether oxygens (including phenoxy) is 1. The summed E-state index contributed by atoms with van der Waals surface area (Å²) >= 11 is 15.8. The van der Waals surface area contributed by atoms with Gasteiger partial charge in [-0.1, -0.05) is 29.3 Å². The molecule has 1 atom stereocenters. The summed E-state index contributed by atoms with van der Waals surface area (Å²) < 4.78 is 8.15. The lowest BCUT2D eigenvalue weighted by atomic mass is 9.95. The number of aromatic nitrogens is 2. The van der Waals surface area contributed by atoms with Gasteiger partial charge in [0.1, 0.15) is 17.5 Å². The highest BCUT2D eigenvalue weighted by Crippen LogP contribution is 2.40. The van der Waals surface area contributed by atoms with Crippen LogP contribution in [0, 0.1) is 0 Å². The van der Waals surface area contributed by atoms with Crippen molar-refractivity contribution in [3.05, 3.63) is 55.7 Å². The number of halogens is 3. The highest BCUT2D eigenvalue weighted by atomic mass is 79.9. The van der Waals surface area contributed by atoms with Crippen molar-refractivity contribution < 1.29 is 9.53 Å². The van der Waals surface area contributed by atoms with Gasteiger partial charge in [0.25, 0.3) is 0 Å². The molecule has 3 rings (SSSR count). The van der Waals surface area contributed by atoms with Crippen LogP contribution in [0.4, 0.5) is 5.82 Å². The molecular weight excluding hydrogens is 441 g/mol. The van der Waals surface area contributed by atoms with E-state index in [1.165, 1.54) is 0 Å². The predicted octanol–water partition coefficient (Wildman–Crippen LogP) is 5.58. The quantitative estimate of drug-likeness (QED) is 0.596. The summed E-state index contributed by atoms with van der Waals surface area (Å²) in [6.45, 7) is 7.34. The van der Waals surface area contributed by atoms with Crippen LogP contribution in [0.1, 0.15) is 39.3 Å². The molecule has 2 aromatic rings. The fourth-order valence-corrected chi connectivity index (χ4v) is 3.49. The van der Waals surface area contributed by atoms with Gasteiger partial charge >= 0.3 is 5.97 Å². The third-order valence-electron chi connectivity index (χ3n) is 3.86. The molecule has 26 heavy (non-hydrogen) atoms. The van der Waals surface area contributed by atoms with Crippen molar-refractivity contribution in [3.8, 4) is 0 Å². The molecule has 0 saturated carbocycles. The molecular formula is C18H18BrCl2N3O2. The summed E-state index contributed by atoms with van der Waals surface area (Å²) in [6, 6.07) is 4.81. The second-order valence-electron chi connectivity index (χ2n) is 7.03.